The molecule has 0 amide bonds. The predicted octanol–water partition coefficient (Wildman–Crippen LogP) is 9.43. The molecule has 1 atom stereocenters. The Morgan fingerprint density at radius 3 is 2.46 bits per heavy atom. The summed E-state index contributed by atoms with van der Waals surface area (Å²) in [4.78, 5) is 14.8. The Kier molecular flexibility index (Phi) is 8.85. The molecule has 6 rings (SSSR count). The van der Waals surface area contributed by atoms with Gasteiger partial charge in [0, 0.05) is 46.0 Å². The van der Waals surface area contributed by atoms with Gasteiger partial charge in [-0.2, -0.15) is 9.97 Å². The number of nitrogens with one attached hydrogen (secondary N) is 2. The van der Waals surface area contributed by atoms with E-state index in [0.717, 1.165) is 44.9 Å². The summed E-state index contributed by atoms with van der Waals surface area (Å²) in [6.45, 7) is 0.567. The van der Waals surface area contributed by atoms with E-state index in [1.165, 1.54) is 32.1 Å². The van der Waals surface area contributed by atoms with E-state index in [0.29, 0.717) is 23.4 Å². The van der Waals surface area contributed by atoms with Crippen LogP contribution in [0.1, 0.15) is 55.8 Å². The van der Waals surface area contributed by atoms with Crippen molar-refractivity contribution in [2.75, 3.05) is 10.6 Å². The first-order chi connectivity index (χ1) is 20.1. The molecule has 3 aromatic heterocycles. The third-order valence-corrected chi connectivity index (χ3v) is 8.90. The van der Waals surface area contributed by atoms with Crippen LogP contribution in [0.2, 0.25) is 10.0 Å². The number of thiazole rings is 1. The smallest absolute Gasteiger partial charge is 0.226 e. The Labute approximate surface area is 254 Å². The number of hydrogen-bond acceptors (Lipinski definition) is 6. The topological polar surface area (TPSA) is 67.7 Å². The van der Waals surface area contributed by atoms with Gasteiger partial charge in [-0.15, -0.1) is 11.3 Å². The number of halogens is 2. The van der Waals surface area contributed by atoms with Gasteiger partial charge in [-0.05, 0) is 54.3 Å². The van der Waals surface area contributed by atoms with Crippen molar-refractivity contribution >= 4 is 46.3 Å². The normalized spacial score (nSPS) is 14.6. The summed E-state index contributed by atoms with van der Waals surface area (Å²) >= 11 is 14.0. The fraction of sp³-hybridized carbons (Fsp3) is 0.281. The maximum absolute atomic E-state index is 6.20. The van der Waals surface area contributed by atoms with Crippen molar-refractivity contribution in [1.29, 1.82) is 0 Å². The zero-order chi connectivity index (χ0) is 28.0. The first kappa shape index (κ1) is 27.8. The molecule has 2 N–H and O–H groups in total. The summed E-state index contributed by atoms with van der Waals surface area (Å²) in [5, 5.41) is 11.8. The summed E-state index contributed by atoms with van der Waals surface area (Å²) in [7, 11) is 0. The van der Waals surface area contributed by atoms with Gasteiger partial charge in [-0.3, -0.25) is 0 Å². The molecule has 5 aromatic rings. The average Bonchev–Trinajstić information content (AvgIpc) is 3.70. The van der Waals surface area contributed by atoms with Crippen molar-refractivity contribution in [3.8, 4) is 16.4 Å². The lowest BCUT2D eigenvalue weighted by Gasteiger charge is -2.27. The molecule has 6 nitrogen and oxygen atoms in total. The summed E-state index contributed by atoms with van der Waals surface area (Å²) in [5.41, 5.74) is 3.18. The highest BCUT2D eigenvalue weighted by Crippen LogP contribution is 2.36. The molecule has 41 heavy (non-hydrogen) atoms. The maximum Gasteiger partial charge on any atom is 0.226 e. The van der Waals surface area contributed by atoms with E-state index in [4.69, 9.17) is 38.2 Å². The van der Waals surface area contributed by atoms with Gasteiger partial charge < -0.3 is 15.2 Å². The zero-order valence-corrected chi connectivity index (χ0v) is 25.0. The number of hydrogen-bond donors (Lipinski definition) is 2. The molecule has 2 aromatic carbocycles. The first-order valence-electron chi connectivity index (χ1n) is 14.1. The van der Waals surface area contributed by atoms with E-state index >= 15 is 0 Å². The number of nitrogens with zero attached hydrogens (tertiary/aromatic N) is 4. The van der Waals surface area contributed by atoms with E-state index in [2.05, 4.69) is 16.0 Å². The molecule has 1 fully saturated rings. The van der Waals surface area contributed by atoms with Crippen LogP contribution in [0.3, 0.4) is 0 Å². The first-order valence-corrected chi connectivity index (χ1v) is 15.7. The van der Waals surface area contributed by atoms with Crippen molar-refractivity contribution in [1.82, 2.24) is 19.5 Å². The highest BCUT2D eigenvalue weighted by Gasteiger charge is 2.23. The minimum absolute atomic E-state index is 0.0311. The van der Waals surface area contributed by atoms with E-state index in [1.807, 2.05) is 83.7 Å². The van der Waals surface area contributed by atoms with Crippen LogP contribution in [0.15, 0.2) is 84.5 Å². The Morgan fingerprint density at radius 1 is 0.878 bits per heavy atom. The van der Waals surface area contributed by atoms with Gasteiger partial charge in [0.15, 0.2) is 0 Å². The summed E-state index contributed by atoms with van der Waals surface area (Å²) in [6.07, 6.45) is 11.4. The Hall–Kier alpha value is -3.39. The molecule has 1 aliphatic rings. The number of benzene rings is 2. The molecule has 0 radical (unpaired) electrons. The number of rotatable bonds is 10. The molecule has 1 saturated carbocycles. The molecule has 0 bridgehead atoms. The van der Waals surface area contributed by atoms with E-state index in [-0.39, 0.29) is 6.04 Å². The van der Waals surface area contributed by atoms with Crippen LogP contribution in [0, 0.1) is 5.92 Å². The van der Waals surface area contributed by atoms with E-state index in [9.17, 15) is 0 Å². The Morgan fingerprint density at radius 2 is 1.68 bits per heavy atom. The second-order valence-electron chi connectivity index (χ2n) is 10.5. The molecule has 3 heterocycles. The third-order valence-electron chi connectivity index (χ3n) is 7.51. The summed E-state index contributed by atoms with van der Waals surface area (Å²) in [6, 6.07) is 21.7. The molecule has 1 unspecified atom stereocenters. The van der Waals surface area contributed by atoms with E-state index < -0.39 is 0 Å². The molecule has 9 heteroatoms. The molecule has 1 aliphatic carbocycles. The lowest BCUT2D eigenvalue weighted by atomic mass is 9.84. The second-order valence-corrected chi connectivity index (χ2v) is 12.3. The standard InChI is InChI=1S/C32H32Cl2N6S/c33-25-13-11-24(12-14-25)31-37-28(21-41-31)27(18-22-7-2-1-3-8-22)36-29-19-30(40-15-4-5-16-40)39-32(38-29)35-20-23-9-6-10-26(34)17-23/h4-6,9-17,19,21-22,27H,1-3,7-8,18,20H2,(H2,35,36,38,39). The van der Waals surface area contributed by atoms with Crippen LogP contribution in [0.25, 0.3) is 16.4 Å². The summed E-state index contributed by atoms with van der Waals surface area (Å²) < 4.78 is 2.00. The van der Waals surface area contributed by atoms with Crippen LogP contribution >= 0.6 is 34.5 Å². The van der Waals surface area contributed by atoms with Gasteiger partial charge in [0.05, 0.1) is 11.7 Å². The molecule has 210 valence electrons. The van der Waals surface area contributed by atoms with Crippen LogP contribution in [0.4, 0.5) is 11.8 Å². The Bertz CT molecular complexity index is 1560. The second kappa shape index (κ2) is 13.1. The average molecular weight is 604 g/mol. The molecule has 0 spiro atoms. The fourth-order valence-electron chi connectivity index (χ4n) is 5.39. The predicted molar refractivity (Wildman–Crippen MR) is 170 cm³/mol. The van der Waals surface area contributed by atoms with Gasteiger partial charge >= 0.3 is 0 Å². The van der Waals surface area contributed by atoms with Crippen molar-refractivity contribution in [3.63, 3.8) is 0 Å². The summed E-state index contributed by atoms with van der Waals surface area (Å²) in [5.74, 6) is 2.76. The molecule has 0 saturated heterocycles. The molecular weight excluding hydrogens is 571 g/mol. The van der Waals surface area contributed by atoms with E-state index in [1.54, 1.807) is 11.3 Å². The molecular formula is C32H32Cl2N6S. The monoisotopic (exact) mass is 602 g/mol. The van der Waals surface area contributed by atoms with Gasteiger partial charge in [-0.25, -0.2) is 4.98 Å². The third kappa shape index (κ3) is 7.28. The minimum atomic E-state index is 0.0311. The van der Waals surface area contributed by atoms with Crippen molar-refractivity contribution in [2.45, 2.75) is 51.1 Å². The lowest BCUT2D eigenvalue weighted by Crippen LogP contribution is -2.19. The number of aromatic nitrogens is 4. The van der Waals surface area contributed by atoms with Crippen LogP contribution in [-0.4, -0.2) is 19.5 Å². The van der Waals surface area contributed by atoms with Gasteiger partial charge in [0.2, 0.25) is 5.95 Å². The van der Waals surface area contributed by atoms with Gasteiger partial charge in [0.25, 0.3) is 0 Å². The largest absolute Gasteiger partial charge is 0.361 e. The fourth-order valence-corrected chi connectivity index (χ4v) is 6.61. The minimum Gasteiger partial charge on any atom is -0.361 e. The zero-order valence-electron chi connectivity index (χ0n) is 22.6. The Balaban J connectivity index is 1.29. The van der Waals surface area contributed by atoms with Gasteiger partial charge in [0.1, 0.15) is 16.6 Å². The van der Waals surface area contributed by atoms with Gasteiger partial charge in [-0.1, -0.05) is 79.6 Å². The van der Waals surface area contributed by atoms with Crippen LogP contribution < -0.4 is 10.6 Å². The quantitative estimate of drug-likeness (QED) is 0.166. The van der Waals surface area contributed by atoms with Crippen LogP contribution in [0.5, 0.6) is 0 Å². The highest BCUT2D eigenvalue weighted by atomic mass is 35.5. The molecule has 0 aliphatic heterocycles. The van der Waals surface area contributed by atoms with Crippen molar-refractivity contribution in [3.05, 3.63) is 106 Å². The van der Waals surface area contributed by atoms with Crippen LogP contribution in [-0.2, 0) is 6.54 Å². The lowest BCUT2D eigenvalue weighted by molar-refractivity contribution is 0.323. The maximum atomic E-state index is 6.20. The number of anilines is 2. The SMILES string of the molecule is Clc1ccc(-c2nc(C(CC3CCCCC3)Nc3cc(-n4cccc4)nc(NCc4cccc(Cl)c4)n3)cs2)cc1. The van der Waals surface area contributed by atoms with Crippen molar-refractivity contribution < 1.29 is 0 Å². The highest BCUT2D eigenvalue weighted by molar-refractivity contribution is 7.13. The van der Waals surface area contributed by atoms with Crippen molar-refractivity contribution in [2.24, 2.45) is 5.92 Å².